The van der Waals surface area contributed by atoms with Crippen LogP contribution in [0.2, 0.25) is 0 Å². The van der Waals surface area contributed by atoms with Crippen LogP contribution in [0.3, 0.4) is 0 Å². The highest BCUT2D eigenvalue weighted by Crippen LogP contribution is 2.26. The van der Waals surface area contributed by atoms with Gasteiger partial charge in [-0.25, -0.2) is 4.98 Å². The number of ether oxygens (including phenoxy) is 1. The number of halogens is 1. The maximum Gasteiger partial charge on any atom is 0.225 e. The van der Waals surface area contributed by atoms with Crippen LogP contribution in [0, 0.1) is 5.41 Å². The van der Waals surface area contributed by atoms with Gasteiger partial charge in [-0.2, -0.15) is 10.1 Å². The van der Waals surface area contributed by atoms with E-state index in [1.807, 2.05) is 66.7 Å². The fourth-order valence-corrected chi connectivity index (χ4v) is 3.31. The Kier molecular flexibility index (Phi) is 7.11. The molecule has 0 amide bonds. The van der Waals surface area contributed by atoms with Crippen LogP contribution in [0.1, 0.15) is 5.56 Å². The van der Waals surface area contributed by atoms with Crippen molar-refractivity contribution in [3.63, 3.8) is 0 Å². The Labute approximate surface area is 199 Å². The number of H-pyrrole nitrogens is 1. The zero-order valence-electron chi connectivity index (χ0n) is 17.8. The monoisotopic (exact) mass is 503 g/mol. The number of anilines is 3. The van der Waals surface area contributed by atoms with Crippen molar-refractivity contribution in [2.24, 2.45) is 0 Å². The van der Waals surface area contributed by atoms with Crippen molar-refractivity contribution in [2.75, 3.05) is 24.3 Å². The Morgan fingerprint density at radius 1 is 1.12 bits per heavy atom. The molecule has 9 heteroatoms. The van der Waals surface area contributed by atoms with E-state index >= 15 is 0 Å². The molecule has 0 unspecified atom stereocenters. The Morgan fingerprint density at radius 2 is 1.85 bits per heavy atom. The predicted molar refractivity (Wildman–Crippen MR) is 134 cm³/mol. The van der Waals surface area contributed by atoms with Gasteiger partial charge in [0.15, 0.2) is 5.82 Å². The first-order valence-corrected chi connectivity index (χ1v) is 10.9. The van der Waals surface area contributed by atoms with E-state index in [1.165, 1.54) is 0 Å². The van der Waals surface area contributed by atoms with Gasteiger partial charge in [-0.05, 0) is 21.5 Å². The van der Waals surface area contributed by atoms with E-state index in [1.54, 1.807) is 19.4 Å². The van der Waals surface area contributed by atoms with Crippen molar-refractivity contribution in [3.8, 4) is 11.3 Å². The normalized spacial score (nSPS) is 11.2. The van der Waals surface area contributed by atoms with Gasteiger partial charge in [0.25, 0.3) is 0 Å². The molecule has 0 saturated heterocycles. The number of hydrogen-bond donors (Lipinski definition) is 4. The Balaban J connectivity index is 1.43. The number of methoxy groups -OCH3 is 1. The van der Waals surface area contributed by atoms with E-state index in [0.717, 1.165) is 16.8 Å². The average Bonchev–Trinajstić information content (AvgIpc) is 3.33. The van der Waals surface area contributed by atoms with Crippen molar-refractivity contribution in [1.82, 2.24) is 20.2 Å². The molecule has 0 aliphatic carbocycles. The maximum atomic E-state index is 8.26. The van der Waals surface area contributed by atoms with Crippen LogP contribution < -0.4 is 10.6 Å². The summed E-state index contributed by atoms with van der Waals surface area (Å²) in [4.78, 5) is 8.83. The second-order valence-electron chi connectivity index (χ2n) is 7.00. The highest BCUT2D eigenvalue weighted by Gasteiger charge is 2.10. The summed E-state index contributed by atoms with van der Waals surface area (Å²) in [5, 5.41) is 21.9. The zero-order valence-corrected chi connectivity index (χ0v) is 19.4. The number of nitrogens with zero attached hydrogens (tertiary/aromatic N) is 3. The molecule has 0 bridgehead atoms. The summed E-state index contributed by atoms with van der Waals surface area (Å²) in [6.07, 6.45) is 3.34. The molecule has 2 aromatic heterocycles. The van der Waals surface area contributed by atoms with E-state index in [2.05, 4.69) is 46.7 Å². The van der Waals surface area contributed by atoms with Gasteiger partial charge in [-0.15, -0.1) is 0 Å². The largest absolute Gasteiger partial charge is 0.499 e. The molecule has 0 fully saturated rings. The highest BCUT2D eigenvalue weighted by atomic mass is 79.9. The Morgan fingerprint density at radius 3 is 2.58 bits per heavy atom. The summed E-state index contributed by atoms with van der Waals surface area (Å²) >= 11 is 3.48. The summed E-state index contributed by atoms with van der Waals surface area (Å²) in [5.74, 6) is 2.28. The molecule has 0 aliphatic rings. The third-order valence-corrected chi connectivity index (χ3v) is 5.30. The Bertz CT molecular complexity index is 1260. The molecule has 33 heavy (non-hydrogen) atoms. The molecular weight excluding hydrogens is 482 g/mol. The SMILES string of the molecule is CO/C(=C\C(=N)c1ccccc1)CNc1ncc(Br)c(Nc2cc(-c3ccccc3)n[nH]2)n1. The van der Waals surface area contributed by atoms with Gasteiger partial charge in [0.2, 0.25) is 5.95 Å². The molecule has 4 N–H and O–H groups in total. The fourth-order valence-electron chi connectivity index (χ4n) is 3.02. The molecule has 4 rings (SSSR count). The van der Waals surface area contributed by atoms with E-state index in [0.29, 0.717) is 40.1 Å². The summed E-state index contributed by atoms with van der Waals surface area (Å²) in [6.45, 7) is 0.328. The third kappa shape index (κ3) is 5.83. The topological polar surface area (TPSA) is 112 Å². The molecule has 2 aromatic carbocycles. The summed E-state index contributed by atoms with van der Waals surface area (Å²) in [7, 11) is 1.57. The summed E-state index contributed by atoms with van der Waals surface area (Å²) in [6, 6.07) is 21.3. The third-order valence-electron chi connectivity index (χ3n) is 4.72. The molecule has 4 aromatic rings. The number of benzene rings is 2. The molecule has 0 aliphatic heterocycles. The van der Waals surface area contributed by atoms with E-state index in [-0.39, 0.29) is 0 Å². The van der Waals surface area contributed by atoms with Crippen LogP contribution in [0.4, 0.5) is 17.6 Å². The van der Waals surface area contributed by atoms with E-state index in [4.69, 9.17) is 10.1 Å². The number of nitrogens with one attached hydrogen (secondary N) is 4. The lowest BCUT2D eigenvalue weighted by atomic mass is 10.1. The van der Waals surface area contributed by atoms with Crippen LogP contribution in [0.15, 0.2) is 89.2 Å². The van der Waals surface area contributed by atoms with Gasteiger partial charge in [0, 0.05) is 23.9 Å². The molecule has 0 spiro atoms. The Hall–Kier alpha value is -3.98. The van der Waals surface area contributed by atoms with Crippen LogP contribution in [-0.4, -0.2) is 39.5 Å². The van der Waals surface area contributed by atoms with Crippen LogP contribution >= 0.6 is 15.9 Å². The summed E-state index contributed by atoms with van der Waals surface area (Å²) in [5.41, 5.74) is 3.03. The lowest BCUT2D eigenvalue weighted by Gasteiger charge is -2.11. The van der Waals surface area contributed by atoms with Gasteiger partial charge >= 0.3 is 0 Å². The predicted octanol–water partition coefficient (Wildman–Crippen LogP) is 5.38. The van der Waals surface area contributed by atoms with Crippen LogP contribution in [-0.2, 0) is 4.74 Å². The molecule has 8 nitrogen and oxygen atoms in total. The number of allylic oxidation sites excluding steroid dienone is 1. The standard InChI is InChI=1S/C24H22BrN7O/c1-33-18(12-20(26)16-8-4-2-5-9-16)14-27-24-28-15-19(25)23(30-24)29-22-13-21(31-32-22)17-10-6-3-7-11-17/h2-13,15,26H,14H2,1H3,(H3,27,28,29,30,31,32)/b18-12-,26-20?. The van der Waals surface area contributed by atoms with Gasteiger partial charge < -0.3 is 20.8 Å². The number of aromatic nitrogens is 4. The number of hydrogen-bond acceptors (Lipinski definition) is 7. The minimum Gasteiger partial charge on any atom is -0.499 e. The zero-order chi connectivity index (χ0) is 23.0. The van der Waals surface area contributed by atoms with Crippen molar-refractivity contribution in [2.45, 2.75) is 0 Å². The quantitative estimate of drug-likeness (QED) is 0.180. The highest BCUT2D eigenvalue weighted by molar-refractivity contribution is 9.10. The number of rotatable bonds is 9. The maximum absolute atomic E-state index is 8.26. The van der Waals surface area contributed by atoms with Crippen molar-refractivity contribution in [3.05, 3.63) is 94.8 Å². The molecule has 166 valence electrons. The fraction of sp³-hybridized carbons (Fsp3) is 0.0833. The first kappa shape index (κ1) is 22.2. The van der Waals surface area contributed by atoms with Gasteiger partial charge in [0.05, 0.1) is 29.5 Å². The second kappa shape index (κ2) is 10.6. The van der Waals surface area contributed by atoms with Gasteiger partial charge in [0.1, 0.15) is 11.6 Å². The lowest BCUT2D eigenvalue weighted by molar-refractivity contribution is 0.290. The molecule has 0 radical (unpaired) electrons. The first-order valence-electron chi connectivity index (χ1n) is 10.1. The van der Waals surface area contributed by atoms with E-state index in [9.17, 15) is 0 Å². The molecular formula is C24H22BrN7O. The van der Waals surface area contributed by atoms with Gasteiger partial charge in [-0.1, -0.05) is 60.7 Å². The van der Waals surface area contributed by atoms with E-state index < -0.39 is 0 Å². The minimum atomic E-state index is 0.328. The summed E-state index contributed by atoms with van der Waals surface area (Å²) < 4.78 is 6.13. The van der Waals surface area contributed by atoms with Crippen molar-refractivity contribution in [1.29, 1.82) is 5.41 Å². The van der Waals surface area contributed by atoms with Gasteiger partial charge in [-0.3, -0.25) is 5.10 Å². The first-order chi connectivity index (χ1) is 16.1. The average molecular weight is 504 g/mol. The van der Waals surface area contributed by atoms with Crippen molar-refractivity contribution < 1.29 is 4.74 Å². The van der Waals surface area contributed by atoms with Crippen LogP contribution in [0.25, 0.3) is 11.3 Å². The second-order valence-corrected chi connectivity index (χ2v) is 7.85. The molecule has 0 atom stereocenters. The molecule has 0 saturated carbocycles. The number of aromatic amines is 1. The van der Waals surface area contributed by atoms with Crippen LogP contribution in [0.5, 0.6) is 0 Å². The minimum absolute atomic E-state index is 0.328. The van der Waals surface area contributed by atoms with Crippen molar-refractivity contribution >= 4 is 39.2 Å². The molecule has 2 heterocycles. The smallest absolute Gasteiger partial charge is 0.225 e. The lowest BCUT2D eigenvalue weighted by Crippen LogP contribution is -2.11.